The Morgan fingerprint density at radius 2 is 2.20 bits per heavy atom. The number of aromatic nitrogens is 2. The van der Waals surface area contributed by atoms with E-state index in [2.05, 4.69) is 14.7 Å². The van der Waals surface area contributed by atoms with Gasteiger partial charge >= 0.3 is 6.09 Å². The second-order valence-corrected chi connectivity index (χ2v) is 2.81. The van der Waals surface area contributed by atoms with Crippen LogP contribution in [0.25, 0.3) is 11.0 Å². The first kappa shape index (κ1) is 11.3. The maximum absolute atomic E-state index is 10.3. The molecule has 0 bridgehead atoms. The number of carbonyl (C=O) groups is 1. The number of nitrogens with zero attached hydrogens (tertiary/aromatic N) is 1. The van der Waals surface area contributed by atoms with Crippen LogP contribution in [0.15, 0.2) is 24.3 Å². The van der Waals surface area contributed by atoms with E-state index in [1.54, 1.807) is 0 Å². The Bertz CT molecular complexity index is 436. The van der Waals surface area contributed by atoms with Crippen LogP contribution in [0.4, 0.5) is 4.79 Å². The van der Waals surface area contributed by atoms with Crippen molar-refractivity contribution in [1.82, 2.24) is 9.97 Å². The van der Waals surface area contributed by atoms with Gasteiger partial charge in [-0.2, -0.15) is 0 Å². The molecule has 1 amide bonds. The molecule has 15 heavy (non-hydrogen) atoms. The number of benzene rings is 1. The Labute approximate surface area is 92.0 Å². The van der Waals surface area contributed by atoms with Crippen molar-refractivity contribution in [2.75, 3.05) is 0 Å². The Hall–Kier alpha value is -1.75. The number of primary amides is 1. The second kappa shape index (κ2) is 4.65. The second-order valence-electron chi connectivity index (χ2n) is 2.81. The van der Waals surface area contributed by atoms with Gasteiger partial charge in [0, 0.05) is 0 Å². The predicted molar refractivity (Wildman–Crippen MR) is 57.7 cm³/mol. The number of nitrogens with two attached hydrogens (primary N) is 1. The van der Waals surface area contributed by atoms with Crippen LogP contribution < -0.4 is 5.73 Å². The average Bonchev–Trinajstić information content (AvgIpc) is 2.57. The first-order valence-electron chi connectivity index (χ1n) is 4.11. The standard InChI is InChI=1S/C9H9N3O2.ClH/c10-9(13)14-5-8-11-6-3-1-2-4-7(6)12-8;/h1-4H,5H2,(H2,10,13)(H,11,12);1H. The maximum Gasteiger partial charge on any atom is 0.404 e. The highest BCUT2D eigenvalue weighted by atomic mass is 35.5. The molecule has 0 spiro atoms. The number of fused-ring (bicyclic) bond motifs is 1. The van der Waals surface area contributed by atoms with Crippen molar-refractivity contribution in [2.45, 2.75) is 6.61 Å². The van der Waals surface area contributed by atoms with Crippen LogP contribution in [0.3, 0.4) is 0 Å². The fourth-order valence-corrected chi connectivity index (χ4v) is 1.21. The van der Waals surface area contributed by atoms with Crippen molar-refractivity contribution < 1.29 is 9.53 Å². The van der Waals surface area contributed by atoms with Gasteiger partial charge in [-0.1, -0.05) is 12.1 Å². The van der Waals surface area contributed by atoms with E-state index in [9.17, 15) is 4.79 Å². The topological polar surface area (TPSA) is 81.0 Å². The highest BCUT2D eigenvalue weighted by Crippen LogP contribution is 2.10. The number of carbonyl (C=O) groups excluding carboxylic acids is 1. The summed E-state index contributed by atoms with van der Waals surface area (Å²) < 4.78 is 4.60. The highest BCUT2D eigenvalue weighted by molar-refractivity contribution is 5.85. The minimum absolute atomic E-state index is 0. The molecule has 1 aromatic heterocycles. The van der Waals surface area contributed by atoms with Crippen LogP contribution in [-0.2, 0) is 11.3 Å². The Balaban J connectivity index is 0.00000112. The van der Waals surface area contributed by atoms with Crippen molar-refractivity contribution in [3.8, 4) is 0 Å². The number of imidazole rings is 1. The van der Waals surface area contributed by atoms with E-state index in [0.717, 1.165) is 11.0 Å². The van der Waals surface area contributed by atoms with Gasteiger partial charge in [-0.3, -0.25) is 0 Å². The molecule has 0 saturated heterocycles. The Kier molecular flexibility index (Phi) is 3.51. The number of hydrogen-bond donors (Lipinski definition) is 2. The molecular weight excluding hydrogens is 218 g/mol. The molecular formula is C9H10ClN3O2. The summed E-state index contributed by atoms with van der Waals surface area (Å²) in [4.78, 5) is 17.5. The largest absolute Gasteiger partial charge is 0.442 e. The van der Waals surface area contributed by atoms with E-state index in [1.165, 1.54) is 0 Å². The molecule has 0 fully saturated rings. The summed E-state index contributed by atoms with van der Waals surface area (Å²) in [5.41, 5.74) is 6.59. The number of halogens is 1. The number of amides is 1. The van der Waals surface area contributed by atoms with E-state index in [-0.39, 0.29) is 19.0 Å². The summed E-state index contributed by atoms with van der Waals surface area (Å²) in [6.07, 6.45) is -0.801. The molecule has 0 aliphatic rings. The quantitative estimate of drug-likeness (QED) is 0.817. The number of hydrogen-bond acceptors (Lipinski definition) is 3. The highest BCUT2D eigenvalue weighted by Gasteiger charge is 2.02. The predicted octanol–water partition coefficient (Wildman–Crippen LogP) is 1.58. The van der Waals surface area contributed by atoms with Gasteiger partial charge < -0.3 is 15.5 Å². The number of H-pyrrole nitrogens is 1. The van der Waals surface area contributed by atoms with Crippen molar-refractivity contribution in [2.24, 2.45) is 5.73 Å². The molecule has 0 radical (unpaired) electrons. The summed E-state index contributed by atoms with van der Waals surface area (Å²) in [7, 11) is 0. The molecule has 0 aliphatic carbocycles. The zero-order valence-corrected chi connectivity index (χ0v) is 8.58. The van der Waals surface area contributed by atoms with E-state index < -0.39 is 6.09 Å². The molecule has 2 rings (SSSR count). The van der Waals surface area contributed by atoms with Crippen LogP contribution in [-0.4, -0.2) is 16.1 Å². The van der Waals surface area contributed by atoms with Crippen LogP contribution in [0.2, 0.25) is 0 Å². The first-order chi connectivity index (χ1) is 6.75. The van der Waals surface area contributed by atoms with Gasteiger partial charge in [-0.05, 0) is 12.1 Å². The molecule has 2 aromatic rings. The van der Waals surface area contributed by atoms with Crippen LogP contribution in [0.5, 0.6) is 0 Å². The Morgan fingerprint density at radius 3 is 2.87 bits per heavy atom. The molecule has 0 saturated carbocycles. The molecule has 1 heterocycles. The van der Waals surface area contributed by atoms with Crippen molar-refractivity contribution in [3.05, 3.63) is 30.1 Å². The number of aromatic amines is 1. The molecule has 0 atom stereocenters. The molecule has 0 aliphatic heterocycles. The van der Waals surface area contributed by atoms with Gasteiger partial charge in [0.1, 0.15) is 5.82 Å². The van der Waals surface area contributed by atoms with Crippen molar-refractivity contribution in [1.29, 1.82) is 0 Å². The zero-order chi connectivity index (χ0) is 9.97. The van der Waals surface area contributed by atoms with Gasteiger partial charge in [0.05, 0.1) is 11.0 Å². The number of rotatable bonds is 2. The van der Waals surface area contributed by atoms with Crippen LogP contribution in [0.1, 0.15) is 5.82 Å². The summed E-state index contributed by atoms with van der Waals surface area (Å²) in [5.74, 6) is 0.588. The lowest BCUT2D eigenvalue weighted by atomic mass is 10.3. The van der Waals surface area contributed by atoms with Gasteiger partial charge in [-0.15, -0.1) is 12.4 Å². The van der Waals surface area contributed by atoms with Crippen molar-refractivity contribution in [3.63, 3.8) is 0 Å². The van der Waals surface area contributed by atoms with Gasteiger partial charge in [0.2, 0.25) is 0 Å². The normalized spacial score (nSPS) is 9.60. The number of ether oxygens (including phenoxy) is 1. The molecule has 5 nitrogen and oxygen atoms in total. The van der Waals surface area contributed by atoms with Crippen LogP contribution in [0, 0.1) is 0 Å². The van der Waals surface area contributed by atoms with Crippen molar-refractivity contribution >= 4 is 29.5 Å². The van der Waals surface area contributed by atoms with Gasteiger partial charge in [0.25, 0.3) is 0 Å². The van der Waals surface area contributed by atoms with Gasteiger partial charge in [0.15, 0.2) is 6.61 Å². The molecule has 1 aromatic carbocycles. The third-order valence-corrected chi connectivity index (χ3v) is 1.79. The summed E-state index contributed by atoms with van der Waals surface area (Å²) in [6, 6.07) is 7.57. The minimum Gasteiger partial charge on any atom is -0.442 e. The number of nitrogens with one attached hydrogen (secondary N) is 1. The third-order valence-electron chi connectivity index (χ3n) is 1.79. The van der Waals surface area contributed by atoms with E-state index in [4.69, 9.17) is 5.73 Å². The fraction of sp³-hybridized carbons (Fsp3) is 0.111. The monoisotopic (exact) mass is 227 g/mol. The molecule has 3 N–H and O–H groups in total. The molecule has 6 heteroatoms. The average molecular weight is 228 g/mol. The fourth-order valence-electron chi connectivity index (χ4n) is 1.21. The Morgan fingerprint density at radius 1 is 1.47 bits per heavy atom. The first-order valence-corrected chi connectivity index (χ1v) is 4.11. The zero-order valence-electron chi connectivity index (χ0n) is 7.77. The smallest absolute Gasteiger partial charge is 0.404 e. The van der Waals surface area contributed by atoms with Gasteiger partial charge in [-0.25, -0.2) is 9.78 Å². The lowest BCUT2D eigenvalue weighted by Gasteiger charge is -1.95. The summed E-state index contributed by atoms with van der Waals surface area (Å²) in [6.45, 7) is 0.0734. The molecule has 0 unspecified atom stereocenters. The minimum atomic E-state index is -0.801. The van der Waals surface area contributed by atoms with E-state index in [0.29, 0.717) is 5.82 Å². The summed E-state index contributed by atoms with van der Waals surface area (Å²) in [5, 5.41) is 0. The lowest BCUT2D eigenvalue weighted by molar-refractivity contribution is 0.147. The van der Waals surface area contributed by atoms with E-state index in [1.807, 2.05) is 24.3 Å². The summed E-state index contributed by atoms with van der Waals surface area (Å²) >= 11 is 0. The van der Waals surface area contributed by atoms with Crippen LogP contribution >= 0.6 is 12.4 Å². The van der Waals surface area contributed by atoms with E-state index >= 15 is 0 Å². The molecule has 80 valence electrons. The SMILES string of the molecule is Cl.NC(=O)OCc1nc2ccccc2[nH]1. The number of para-hydroxylation sites is 2. The third kappa shape index (κ3) is 2.60. The maximum atomic E-state index is 10.3. The lowest BCUT2D eigenvalue weighted by Crippen LogP contribution is -2.13.